The van der Waals surface area contributed by atoms with Gasteiger partial charge in [0.2, 0.25) is 17.6 Å². The fraction of sp³-hybridized carbons (Fsp3) is 0.429. The number of allylic oxidation sites excluding steroid dienone is 2. The summed E-state index contributed by atoms with van der Waals surface area (Å²) < 4.78 is 5.13. The van der Waals surface area contributed by atoms with Crippen LogP contribution in [-0.4, -0.2) is 41.1 Å². The van der Waals surface area contributed by atoms with Crippen LogP contribution in [0.3, 0.4) is 0 Å². The Morgan fingerprint density at radius 2 is 1.70 bits per heavy atom. The first-order valence-corrected chi connectivity index (χ1v) is 9.10. The van der Waals surface area contributed by atoms with Gasteiger partial charge in [-0.15, -0.1) is 0 Å². The largest absolute Gasteiger partial charge is 0.456 e. The lowest BCUT2D eigenvalue weighted by atomic mass is 9.85. The number of imide groups is 1. The minimum Gasteiger partial charge on any atom is -0.456 e. The van der Waals surface area contributed by atoms with Crippen molar-refractivity contribution in [2.75, 3.05) is 6.61 Å². The monoisotopic (exact) mass is 369 g/mol. The van der Waals surface area contributed by atoms with Crippen LogP contribution in [0.2, 0.25) is 0 Å². The number of rotatable bonds is 5. The van der Waals surface area contributed by atoms with Gasteiger partial charge in [-0.25, -0.2) is 4.79 Å². The Labute approximate surface area is 158 Å². The molecule has 1 heterocycles. The van der Waals surface area contributed by atoms with E-state index in [2.05, 4.69) is 0 Å². The summed E-state index contributed by atoms with van der Waals surface area (Å²) in [6, 6.07) is 4.45. The molecule has 0 aromatic heterocycles. The zero-order valence-electron chi connectivity index (χ0n) is 15.7. The third-order valence-electron chi connectivity index (χ3n) is 5.31. The standard InChI is InChI=1S/C21H23NO5/c1-12-8-9-13(2)17(10-12)18(23)11-27-21(26)14(3)22-19(24)15-6-4-5-7-16(15)20(22)25/h4-5,8-10,14-16H,6-7,11H2,1-3H3/t14-,15-,16-/m0/s1. The van der Waals surface area contributed by atoms with Crippen LogP contribution in [0.15, 0.2) is 30.4 Å². The number of hydrogen-bond acceptors (Lipinski definition) is 5. The zero-order chi connectivity index (χ0) is 19.7. The molecule has 0 spiro atoms. The van der Waals surface area contributed by atoms with E-state index in [1.54, 1.807) is 6.07 Å². The van der Waals surface area contributed by atoms with Gasteiger partial charge in [-0.2, -0.15) is 0 Å². The van der Waals surface area contributed by atoms with E-state index in [4.69, 9.17) is 4.74 Å². The van der Waals surface area contributed by atoms with Gasteiger partial charge >= 0.3 is 5.97 Å². The average Bonchev–Trinajstić information content (AvgIpc) is 2.92. The Bertz CT molecular complexity index is 815. The molecule has 1 fully saturated rings. The second-order valence-electron chi connectivity index (χ2n) is 7.23. The van der Waals surface area contributed by atoms with Gasteiger partial charge in [0.1, 0.15) is 6.04 Å². The second-order valence-corrected chi connectivity index (χ2v) is 7.23. The Kier molecular flexibility index (Phi) is 5.26. The summed E-state index contributed by atoms with van der Waals surface area (Å²) in [6.07, 6.45) is 4.81. The molecule has 142 valence electrons. The lowest BCUT2D eigenvalue weighted by molar-refractivity contribution is -0.157. The van der Waals surface area contributed by atoms with Crippen LogP contribution in [0.25, 0.3) is 0 Å². The molecule has 0 radical (unpaired) electrons. The SMILES string of the molecule is Cc1ccc(C)c(C(=O)COC(=O)[C@H](C)N2C(=O)[C@H]3CC=CC[C@@H]3C2=O)c1. The van der Waals surface area contributed by atoms with Gasteiger partial charge in [0, 0.05) is 5.56 Å². The number of benzene rings is 1. The predicted octanol–water partition coefficient (Wildman–Crippen LogP) is 2.37. The van der Waals surface area contributed by atoms with Crippen molar-refractivity contribution < 1.29 is 23.9 Å². The second kappa shape index (κ2) is 7.47. The molecule has 3 rings (SSSR count). The van der Waals surface area contributed by atoms with E-state index in [-0.39, 0.29) is 17.6 Å². The summed E-state index contributed by atoms with van der Waals surface area (Å²) in [7, 11) is 0. The summed E-state index contributed by atoms with van der Waals surface area (Å²) in [4.78, 5) is 50.8. The van der Waals surface area contributed by atoms with Crippen molar-refractivity contribution in [2.45, 2.75) is 39.7 Å². The van der Waals surface area contributed by atoms with E-state index in [1.165, 1.54) is 6.92 Å². The highest BCUT2D eigenvalue weighted by atomic mass is 16.5. The number of carbonyl (C=O) groups excluding carboxylic acids is 4. The third-order valence-corrected chi connectivity index (χ3v) is 5.31. The molecule has 0 bridgehead atoms. The Hall–Kier alpha value is -2.76. The van der Waals surface area contributed by atoms with Crippen molar-refractivity contribution in [1.29, 1.82) is 0 Å². The van der Waals surface area contributed by atoms with E-state index >= 15 is 0 Å². The molecule has 0 N–H and O–H groups in total. The fourth-order valence-electron chi connectivity index (χ4n) is 3.68. The molecule has 3 atom stereocenters. The number of fused-ring (bicyclic) bond motifs is 1. The predicted molar refractivity (Wildman–Crippen MR) is 97.9 cm³/mol. The van der Waals surface area contributed by atoms with Crippen molar-refractivity contribution in [3.05, 3.63) is 47.0 Å². The average molecular weight is 369 g/mol. The maximum absolute atomic E-state index is 12.5. The van der Waals surface area contributed by atoms with Crippen LogP contribution in [0.5, 0.6) is 0 Å². The van der Waals surface area contributed by atoms with E-state index in [1.807, 2.05) is 38.1 Å². The molecule has 27 heavy (non-hydrogen) atoms. The lowest BCUT2D eigenvalue weighted by Gasteiger charge is -2.21. The molecule has 1 aromatic rings. The number of amides is 2. The lowest BCUT2D eigenvalue weighted by Crippen LogP contribution is -2.44. The van der Waals surface area contributed by atoms with Crippen LogP contribution >= 0.6 is 0 Å². The maximum Gasteiger partial charge on any atom is 0.329 e. The summed E-state index contributed by atoms with van der Waals surface area (Å²) in [5, 5.41) is 0. The molecule has 1 aromatic carbocycles. The van der Waals surface area contributed by atoms with Crippen molar-refractivity contribution in [1.82, 2.24) is 4.90 Å². The molecular formula is C21H23NO5. The third kappa shape index (κ3) is 3.56. The summed E-state index contributed by atoms with van der Waals surface area (Å²) in [5.74, 6) is -2.52. The van der Waals surface area contributed by atoms with Crippen molar-refractivity contribution in [3.63, 3.8) is 0 Å². The van der Waals surface area contributed by atoms with Gasteiger partial charge < -0.3 is 4.74 Å². The molecule has 0 saturated carbocycles. The minimum absolute atomic E-state index is 0.311. The van der Waals surface area contributed by atoms with Gasteiger partial charge in [-0.1, -0.05) is 29.8 Å². The minimum atomic E-state index is -1.04. The van der Waals surface area contributed by atoms with Crippen LogP contribution in [0.4, 0.5) is 0 Å². The molecule has 6 nitrogen and oxygen atoms in total. The number of Topliss-reactive ketones (excluding diaryl/α,β-unsaturated/α-hetero) is 1. The number of aryl methyl sites for hydroxylation is 2. The van der Waals surface area contributed by atoms with Gasteiger partial charge in [0.05, 0.1) is 11.8 Å². The smallest absolute Gasteiger partial charge is 0.329 e. The summed E-state index contributed by atoms with van der Waals surface area (Å²) in [6.45, 7) is 4.74. The van der Waals surface area contributed by atoms with Crippen LogP contribution in [0.1, 0.15) is 41.3 Å². The fourth-order valence-corrected chi connectivity index (χ4v) is 3.68. The quantitative estimate of drug-likeness (QED) is 0.344. The summed E-state index contributed by atoms with van der Waals surface area (Å²) in [5.41, 5.74) is 2.24. The van der Waals surface area contributed by atoms with Gasteiger partial charge in [0.25, 0.3) is 0 Å². The molecule has 1 saturated heterocycles. The van der Waals surface area contributed by atoms with Crippen LogP contribution in [-0.2, 0) is 19.1 Å². The van der Waals surface area contributed by atoms with Gasteiger partial charge in [-0.05, 0) is 45.2 Å². The number of esters is 1. The zero-order valence-corrected chi connectivity index (χ0v) is 15.7. The normalized spacial score (nSPS) is 22.6. The molecule has 6 heteroatoms. The van der Waals surface area contributed by atoms with E-state index in [0.29, 0.717) is 18.4 Å². The van der Waals surface area contributed by atoms with Crippen LogP contribution in [0, 0.1) is 25.7 Å². The van der Waals surface area contributed by atoms with Crippen molar-refractivity contribution in [3.8, 4) is 0 Å². The Morgan fingerprint density at radius 3 is 2.30 bits per heavy atom. The summed E-state index contributed by atoms with van der Waals surface area (Å²) >= 11 is 0. The number of ketones is 1. The van der Waals surface area contributed by atoms with Gasteiger partial charge in [-0.3, -0.25) is 19.3 Å². The number of ether oxygens (including phenoxy) is 1. The topological polar surface area (TPSA) is 80.8 Å². The van der Waals surface area contributed by atoms with Crippen molar-refractivity contribution in [2.24, 2.45) is 11.8 Å². The maximum atomic E-state index is 12.5. The van der Waals surface area contributed by atoms with Crippen molar-refractivity contribution >= 4 is 23.6 Å². The molecule has 2 aliphatic rings. The molecule has 0 unspecified atom stereocenters. The Balaban J connectivity index is 1.64. The highest BCUT2D eigenvalue weighted by Crippen LogP contribution is 2.36. The first-order chi connectivity index (χ1) is 12.8. The van der Waals surface area contributed by atoms with Crippen LogP contribution < -0.4 is 0 Å². The molecule has 1 aliphatic carbocycles. The number of carbonyl (C=O) groups is 4. The highest BCUT2D eigenvalue weighted by Gasteiger charge is 2.50. The molecule has 2 amide bonds. The first-order valence-electron chi connectivity index (χ1n) is 9.10. The first kappa shape index (κ1) is 19.0. The molecule has 1 aliphatic heterocycles. The number of hydrogen-bond donors (Lipinski definition) is 0. The Morgan fingerprint density at radius 1 is 1.11 bits per heavy atom. The highest BCUT2D eigenvalue weighted by molar-refractivity contribution is 6.08. The number of nitrogens with zero attached hydrogens (tertiary/aromatic N) is 1. The van der Waals surface area contributed by atoms with E-state index in [9.17, 15) is 19.2 Å². The number of likely N-dealkylation sites (tertiary alicyclic amines) is 1. The van der Waals surface area contributed by atoms with E-state index < -0.39 is 30.5 Å². The molecular weight excluding hydrogens is 346 g/mol. The van der Waals surface area contributed by atoms with E-state index in [0.717, 1.165) is 16.0 Å². The van der Waals surface area contributed by atoms with Gasteiger partial charge in [0.15, 0.2) is 6.61 Å².